The van der Waals surface area contributed by atoms with Crippen LogP contribution in [-0.4, -0.2) is 53.6 Å². The minimum Gasteiger partial charge on any atom is -0.397 e. The number of piperidine rings is 1. The second-order valence-electron chi connectivity index (χ2n) is 11.9. The molecule has 2 fully saturated rings. The number of fused-ring (bicyclic) bond motifs is 1. The summed E-state index contributed by atoms with van der Waals surface area (Å²) < 4.78 is 0. The van der Waals surface area contributed by atoms with Gasteiger partial charge in [-0.2, -0.15) is 0 Å². The van der Waals surface area contributed by atoms with Crippen LogP contribution < -0.4 is 27.0 Å². The molecule has 7 N–H and O–H groups in total. The second-order valence-corrected chi connectivity index (χ2v) is 12.9. The van der Waals surface area contributed by atoms with Gasteiger partial charge in [-0.15, -0.1) is 11.3 Å². The standard InChI is InChI=1S/C32H44N6O3S/c1-3-6-22-17-26(37-32-27(22)28(33)29(42-32)30(34)40)38-15-13-23(14-16-38)35-18-25(39)20-9-11-21(12-10-20)31(41)36-24-8-5-4-7-19(24)2/h9-12,17,19,23-25,35,39H,3-8,13-16,18,33H2,1-2H3,(H2,34,40)(H,36,41). The van der Waals surface area contributed by atoms with E-state index in [0.29, 0.717) is 28.6 Å². The summed E-state index contributed by atoms with van der Waals surface area (Å²) in [5, 5.41) is 18.4. The molecule has 1 saturated carbocycles. The summed E-state index contributed by atoms with van der Waals surface area (Å²) in [5.41, 5.74) is 14.8. The second kappa shape index (κ2) is 13.4. The Labute approximate surface area is 252 Å². The van der Waals surface area contributed by atoms with Crippen molar-refractivity contribution in [1.82, 2.24) is 15.6 Å². The van der Waals surface area contributed by atoms with Crippen LogP contribution >= 0.6 is 11.3 Å². The highest BCUT2D eigenvalue weighted by Gasteiger charge is 2.25. The molecule has 2 aromatic heterocycles. The molecule has 3 atom stereocenters. The summed E-state index contributed by atoms with van der Waals surface area (Å²) in [4.78, 5) is 32.9. The highest BCUT2D eigenvalue weighted by atomic mass is 32.1. The summed E-state index contributed by atoms with van der Waals surface area (Å²) in [6.45, 7) is 6.46. The fraction of sp³-hybridized carbons (Fsp3) is 0.531. The van der Waals surface area contributed by atoms with Crippen LogP contribution in [0.2, 0.25) is 0 Å². The third-order valence-corrected chi connectivity index (χ3v) is 10.0. The summed E-state index contributed by atoms with van der Waals surface area (Å²) >= 11 is 1.27. The van der Waals surface area contributed by atoms with Crippen molar-refractivity contribution in [2.75, 3.05) is 30.3 Å². The molecule has 2 amide bonds. The zero-order valence-corrected chi connectivity index (χ0v) is 25.5. The van der Waals surface area contributed by atoms with Gasteiger partial charge in [0.2, 0.25) is 0 Å². The van der Waals surface area contributed by atoms with Gasteiger partial charge >= 0.3 is 0 Å². The number of nitrogens with two attached hydrogens (primary N) is 2. The van der Waals surface area contributed by atoms with E-state index < -0.39 is 12.0 Å². The van der Waals surface area contributed by atoms with Gasteiger partial charge in [0, 0.05) is 42.7 Å². The Hall–Kier alpha value is -3.21. The molecular formula is C32H44N6O3S. The van der Waals surface area contributed by atoms with Gasteiger partial charge in [0.25, 0.3) is 11.8 Å². The van der Waals surface area contributed by atoms with Crippen molar-refractivity contribution in [3.63, 3.8) is 0 Å². The van der Waals surface area contributed by atoms with Gasteiger partial charge in [-0.3, -0.25) is 9.59 Å². The molecule has 1 aromatic carbocycles. The van der Waals surface area contributed by atoms with Gasteiger partial charge < -0.3 is 32.1 Å². The molecule has 3 unspecified atom stereocenters. The fourth-order valence-electron chi connectivity index (χ4n) is 6.34. The van der Waals surface area contributed by atoms with Crippen molar-refractivity contribution in [3.8, 4) is 0 Å². The number of carbonyl (C=O) groups is 2. The predicted molar refractivity (Wildman–Crippen MR) is 170 cm³/mol. The first-order valence-corrected chi connectivity index (χ1v) is 16.2. The highest BCUT2D eigenvalue weighted by molar-refractivity contribution is 7.21. The van der Waals surface area contributed by atoms with E-state index in [1.807, 2.05) is 24.3 Å². The Morgan fingerprint density at radius 3 is 2.52 bits per heavy atom. The van der Waals surface area contributed by atoms with E-state index in [0.717, 1.165) is 72.4 Å². The fourth-order valence-corrected chi connectivity index (χ4v) is 7.33. The van der Waals surface area contributed by atoms with E-state index in [-0.39, 0.29) is 18.0 Å². The molecular weight excluding hydrogens is 548 g/mol. The number of amides is 2. The minimum atomic E-state index is -0.650. The molecule has 226 valence electrons. The number of thiophene rings is 1. The minimum absolute atomic E-state index is 0.0361. The molecule has 0 radical (unpaired) electrons. The van der Waals surface area contributed by atoms with Crippen LogP contribution in [0.5, 0.6) is 0 Å². The molecule has 42 heavy (non-hydrogen) atoms. The highest BCUT2D eigenvalue weighted by Crippen LogP contribution is 2.37. The van der Waals surface area contributed by atoms with Gasteiger partial charge in [0.05, 0.1) is 11.8 Å². The summed E-state index contributed by atoms with van der Waals surface area (Å²) in [6.07, 6.45) is 7.63. The lowest BCUT2D eigenvalue weighted by atomic mass is 9.86. The molecule has 3 aromatic rings. The van der Waals surface area contributed by atoms with Crippen molar-refractivity contribution in [3.05, 3.63) is 51.9 Å². The third kappa shape index (κ3) is 6.71. The number of rotatable bonds is 10. The van der Waals surface area contributed by atoms with E-state index in [4.69, 9.17) is 16.5 Å². The molecule has 1 aliphatic carbocycles. The number of anilines is 2. The van der Waals surface area contributed by atoms with Gasteiger partial charge in [-0.05, 0) is 67.3 Å². The van der Waals surface area contributed by atoms with E-state index in [1.165, 1.54) is 30.6 Å². The third-order valence-electron chi connectivity index (χ3n) is 8.91. The zero-order chi connectivity index (χ0) is 29.8. The molecule has 0 bridgehead atoms. The molecule has 9 nitrogen and oxygen atoms in total. The number of pyridine rings is 1. The van der Waals surface area contributed by atoms with Gasteiger partial charge in [-0.25, -0.2) is 4.98 Å². The maximum atomic E-state index is 12.7. The largest absolute Gasteiger partial charge is 0.397 e. The molecule has 5 rings (SSSR count). The Morgan fingerprint density at radius 1 is 1.14 bits per heavy atom. The van der Waals surface area contributed by atoms with Crippen LogP contribution in [-0.2, 0) is 6.42 Å². The average molecular weight is 593 g/mol. The summed E-state index contributed by atoms with van der Waals surface area (Å²) in [6, 6.07) is 9.96. The number of aryl methyl sites for hydroxylation is 1. The zero-order valence-electron chi connectivity index (χ0n) is 24.7. The van der Waals surface area contributed by atoms with E-state index in [1.54, 1.807) is 0 Å². The van der Waals surface area contributed by atoms with Crippen molar-refractivity contribution < 1.29 is 14.7 Å². The normalized spacial score (nSPS) is 20.5. The van der Waals surface area contributed by atoms with Crippen LogP contribution in [0.4, 0.5) is 11.5 Å². The molecule has 3 heterocycles. The maximum absolute atomic E-state index is 12.7. The van der Waals surface area contributed by atoms with Crippen molar-refractivity contribution >= 4 is 44.9 Å². The number of hydrogen-bond donors (Lipinski definition) is 5. The number of aliphatic hydroxyl groups is 1. The number of nitrogens with zero attached hydrogens (tertiary/aromatic N) is 2. The average Bonchev–Trinajstić information content (AvgIpc) is 3.34. The summed E-state index contributed by atoms with van der Waals surface area (Å²) in [7, 11) is 0. The van der Waals surface area contributed by atoms with Crippen LogP contribution in [0.25, 0.3) is 10.2 Å². The molecule has 10 heteroatoms. The smallest absolute Gasteiger partial charge is 0.260 e. The van der Waals surface area contributed by atoms with Crippen molar-refractivity contribution in [2.24, 2.45) is 11.7 Å². The van der Waals surface area contributed by atoms with Crippen LogP contribution in [0.1, 0.15) is 96.1 Å². The molecule has 2 aliphatic rings. The number of nitrogens with one attached hydrogen (secondary N) is 2. The quantitative estimate of drug-likeness (QED) is 0.232. The predicted octanol–water partition coefficient (Wildman–Crippen LogP) is 4.53. The number of nitrogen functional groups attached to an aromatic ring is 1. The van der Waals surface area contributed by atoms with Crippen molar-refractivity contribution in [1.29, 1.82) is 0 Å². The van der Waals surface area contributed by atoms with E-state index in [2.05, 4.69) is 35.4 Å². The lowest BCUT2D eigenvalue weighted by molar-refractivity contribution is 0.0909. The lowest BCUT2D eigenvalue weighted by Crippen LogP contribution is -2.44. The molecule has 0 spiro atoms. The molecule has 1 saturated heterocycles. The Balaban J connectivity index is 1.14. The number of benzene rings is 1. The number of aromatic nitrogens is 1. The summed E-state index contributed by atoms with van der Waals surface area (Å²) in [5.74, 6) is 0.867. The number of aliphatic hydroxyl groups excluding tert-OH is 1. The number of primary amides is 1. The monoisotopic (exact) mass is 592 g/mol. The first-order valence-electron chi connectivity index (χ1n) is 15.3. The first kappa shape index (κ1) is 30.3. The number of hydrogen-bond acceptors (Lipinski definition) is 8. The molecule has 1 aliphatic heterocycles. The van der Waals surface area contributed by atoms with Crippen molar-refractivity contribution in [2.45, 2.75) is 83.4 Å². The van der Waals surface area contributed by atoms with Gasteiger partial charge in [-0.1, -0.05) is 45.2 Å². The van der Waals surface area contributed by atoms with Gasteiger partial charge in [0.15, 0.2) is 0 Å². The lowest BCUT2D eigenvalue weighted by Gasteiger charge is -2.34. The van der Waals surface area contributed by atoms with Crippen LogP contribution in [0.3, 0.4) is 0 Å². The van der Waals surface area contributed by atoms with E-state index >= 15 is 0 Å². The Kier molecular flexibility index (Phi) is 9.65. The Morgan fingerprint density at radius 2 is 1.86 bits per heavy atom. The van der Waals surface area contributed by atoms with Crippen LogP contribution in [0.15, 0.2) is 30.3 Å². The SMILES string of the molecule is CCCc1cc(N2CCC(NCC(O)c3ccc(C(=O)NC4CCCCC4C)cc3)CC2)nc2sc(C(N)=O)c(N)c12. The van der Waals surface area contributed by atoms with Gasteiger partial charge in [0.1, 0.15) is 15.5 Å². The topological polar surface area (TPSA) is 147 Å². The number of carbonyl (C=O) groups excluding carboxylic acids is 2. The van der Waals surface area contributed by atoms with E-state index in [9.17, 15) is 14.7 Å². The maximum Gasteiger partial charge on any atom is 0.260 e. The Bertz CT molecular complexity index is 1400. The first-order chi connectivity index (χ1) is 20.2. The van der Waals surface area contributed by atoms with Crippen LogP contribution in [0, 0.1) is 5.92 Å².